The molecule has 0 saturated carbocycles. The number of methoxy groups -OCH3 is 1. The Labute approximate surface area is 168 Å². The maximum absolute atomic E-state index is 12.7. The number of hydrogen-bond acceptors (Lipinski definition) is 4. The summed E-state index contributed by atoms with van der Waals surface area (Å²) in [5.41, 5.74) is 0.614. The standard InChI is InChI=1S/C19H15ClF3N3O3/c1-28-16-10-26(13-5-3-2-4-6-13)25-17(16)18(27)24-14-9-12(20)7-8-15(14)29-11-19(21,22)23/h2-10H,11H2,1H3,(H,24,27). The third kappa shape index (κ3) is 5.20. The van der Waals surface area contributed by atoms with Gasteiger partial charge in [0.25, 0.3) is 5.91 Å². The van der Waals surface area contributed by atoms with E-state index in [2.05, 4.69) is 10.4 Å². The fourth-order valence-electron chi connectivity index (χ4n) is 2.44. The van der Waals surface area contributed by atoms with Crippen LogP contribution in [0.5, 0.6) is 11.5 Å². The maximum atomic E-state index is 12.7. The molecule has 10 heteroatoms. The summed E-state index contributed by atoms with van der Waals surface area (Å²) in [5.74, 6) is -0.691. The molecule has 2 aromatic carbocycles. The molecule has 0 saturated heterocycles. The predicted molar refractivity (Wildman–Crippen MR) is 101 cm³/mol. The van der Waals surface area contributed by atoms with E-state index < -0.39 is 18.7 Å². The smallest absolute Gasteiger partial charge is 0.422 e. The highest BCUT2D eigenvalue weighted by Crippen LogP contribution is 2.31. The molecule has 29 heavy (non-hydrogen) atoms. The summed E-state index contributed by atoms with van der Waals surface area (Å²) in [6.07, 6.45) is -3.01. The third-order valence-corrected chi connectivity index (χ3v) is 3.95. The van der Waals surface area contributed by atoms with Crippen molar-refractivity contribution in [1.82, 2.24) is 9.78 Å². The number of anilines is 1. The number of alkyl halides is 3. The van der Waals surface area contributed by atoms with Crippen molar-refractivity contribution in [2.45, 2.75) is 6.18 Å². The van der Waals surface area contributed by atoms with Crippen LogP contribution in [0.4, 0.5) is 18.9 Å². The summed E-state index contributed by atoms with van der Waals surface area (Å²) in [6, 6.07) is 12.9. The lowest BCUT2D eigenvalue weighted by Gasteiger charge is -2.14. The van der Waals surface area contributed by atoms with Crippen LogP contribution >= 0.6 is 11.6 Å². The van der Waals surface area contributed by atoms with E-state index in [0.717, 1.165) is 0 Å². The number of rotatable bonds is 6. The summed E-state index contributed by atoms with van der Waals surface area (Å²) in [7, 11) is 1.38. The highest BCUT2D eigenvalue weighted by molar-refractivity contribution is 6.31. The Morgan fingerprint density at radius 3 is 2.55 bits per heavy atom. The van der Waals surface area contributed by atoms with E-state index >= 15 is 0 Å². The first kappa shape index (κ1) is 20.5. The third-order valence-electron chi connectivity index (χ3n) is 3.72. The van der Waals surface area contributed by atoms with Gasteiger partial charge in [-0.3, -0.25) is 4.79 Å². The molecular formula is C19H15ClF3N3O3. The molecule has 0 unspecified atom stereocenters. The first-order chi connectivity index (χ1) is 13.8. The monoisotopic (exact) mass is 425 g/mol. The van der Waals surface area contributed by atoms with Crippen molar-refractivity contribution in [3.05, 3.63) is 65.4 Å². The minimum atomic E-state index is -4.53. The number of carbonyl (C=O) groups is 1. The van der Waals surface area contributed by atoms with Gasteiger partial charge >= 0.3 is 6.18 Å². The fourth-order valence-corrected chi connectivity index (χ4v) is 2.62. The molecule has 0 radical (unpaired) electrons. The highest BCUT2D eigenvalue weighted by atomic mass is 35.5. The Hall–Kier alpha value is -3.20. The second-order valence-electron chi connectivity index (χ2n) is 5.82. The van der Waals surface area contributed by atoms with E-state index in [1.807, 2.05) is 6.07 Å². The molecule has 1 amide bonds. The van der Waals surface area contributed by atoms with Crippen LogP contribution in [0, 0.1) is 0 Å². The topological polar surface area (TPSA) is 65.4 Å². The van der Waals surface area contributed by atoms with Gasteiger partial charge < -0.3 is 14.8 Å². The average molecular weight is 426 g/mol. The lowest BCUT2D eigenvalue weighted by molar-refractivity contribution is -0.153. The van der Waals surface area contributed by atoms with Crippen molar-refractivity contribution in [3.8, 4) is 17.2 Å². The minimum absolute atomic E-state index is 0.0249. The van der Waals surface area contributed by atoms with E-state index in [0.29, 0.717) is 5.69 Å². The number of benzene rings is 2. The average Bonchev–Trinajstić information content (AvgIpc) is 3.12. The lowest BCUT2D eigenvalue weighted by atomic mass is 10.2. The molecule has 0 aliphatic heterocycles. The molecule has 6 nitrogen and oxygen atoms in total. The zero-order valence-electron chi connectivity index (χ0n) is 15.0. The van der Waals surface area contributed by atoms with Crippen LogP contribution in [0.25, 0.3) is 5.69 Å². The van der Waals surface area contributed by atoms with Crippen molar-refractivity contribution in [3.63, 3.8) is 0 Å². The summed E-state index contributed by atoms with van der Waals surface area (Å²) >= 11 is 5.91. The van der Waals surface area contributed by atoms with Gasteiger partial charge in [0.05, 0.1) is 24.7 Å². The van der Waals surface area contributed by atoms with Crippen LogP contribution in [-0.4, -0.2) is 35.6 Å². The predicted octanol–water partition coefficient (Wildman–Crippen LogP) is 4.73. The van der Waals surface area contributed by atoms with Crippen LogP contribution in [0.3, 0.4) is 0 Å². The molecule has 0 aliphatic carbocycles. The van der Waals surface area contributed by atoms with E-state index in [4.69, 9.17) is 21.1 Å². The number of nitrogens with zero attached hydrogens (tertiary/aromatic N) is 2. The summed E-state index contributed by atoms with van der Waals surface area (Å²) < 4.78 is 48.8. The Balaban J connectivity index is 1.87. The molecule has 3 aromatic rings. The van der Waals surface area contributed by atoms with Crippen molar-refractivity contribution in [2.75, 3.05) is 19.0 Å². The molecule has 1 N–H and O–H groups in total. The Morgan fingerprint density at radius 2 is 1.90 bits per heavy atom. The van der Waals surface area contributed by atoms with Crippen LogP contribution in [0.1, 0.15) is 10.5 Å². The number of hydrogen-bond donors (Lipinski definition) is 1. The summed E-state index contributed by atoms with van der Waals surface area (Å²) in [4.78, 5) is 12.7. The largest absolute Gasteiger partial charge is 0.493 e. The maximum Gasteiger partial charge on any atom is 0.422 e. The minimum Gasteiger partial charge on any atom is -0.493 e. The van der Waals surface area contributed by atoms with E-state index in [9.17, 15) is 18.0 Å². The number of para-hydroxylation sites is 1. The number of aromatic nitrogens is 2. The zero-order chi connectivity index (χ0) is 21.0. The summed E-state index contributed by atoms with van der Waals surface area (Å²) in [6.45, 7) is -1.51. The Bertz CT molecular complexity index is 1010. The molecule has 0 spiro atoms. The van der Waals surface area contributed by atoms with E-state index in [1.165, 1.54) is 36.2 Å². The first-order valence-corrected chi connectivity index (χ1v) is 8.64. The lowest BCUT2D eigenvalue weighted by Crippen LogP contribution is -2.20. The van der Waals surface area contributed by atoms with Gasteiger partial charge in [0.15, 0.2) is 18.1 Å². The molecule has 0 aliphatic rings. The normalized spacial score (nSPS) is 11.2. The Morgan fingerprint density at radius 1 is 1.17 bits per heavy atom. The van der Waals surface area contributed by atoms with Gasteiger partial charge in [-0.2, -0.15) is 18.3 Å². The molecule has 0 atom stereocenters. The van der Waals surface area contributed by atoms with Gasteiger partial charge in [-0.1, -0.05) is 29.8 Å². The van der Waals surface area contributed by atoms with Gasteiger partial charge in [-0.15, -0.1) is 0 Å². The van der Waals surface area contributed by atoms with Crippen molar-refractivity contribution >= 4 is 23.2 Å². The van der Waals surface area contributed by atoms with Crippen LogP contribution < -0.4 is 14.8 Å². The van der Waals surface area contributed by atoms with Gasteiger partial charge in [0, 0.05) is 5.02 Å². The highest BCUT2D eigenvalue weighted by Gasteiger charge is 2.29. The molecule has 152 valence electrons. The van der Waals surface area contributed by atoms with Crippen LogP contribution in [-0.2, 0) is 0 Å². The number of nitrogens with one attached hydrogen (secondary N) is 1. The first-order valence-electron chi connectivity index (χ1n) is 8.26. The fraction of sp³-hybridized carbons (Fsp3) is 0.158. The number of amides is 1. The second kappa shape index (κ2) is 8.44. The molecule has 0 bridgehead atoms. The second-order valence-corrected chi connectivity index (χ2v) is 6.26. The van der Waals surface area contributed by atoms with Gasteiger partial charge in [0.1, 0.15) is 5.75 Å². The van der Waals surface area contributed by atoms with Gasteiger partial charge in [-0.25, -0.2) is 4.68 Å². The SMILES string of the molecule is COc1cn(-c2ccccc2)nc1C(=O)Nc1cc(Cl)ccc1OCC(F)(F)F. The number of halogens is 4. The quantitative estimate of drug-likeness (QED) is 0.620. The molecule has 1 heterocycles. The number of ether oxygens (including phenoxy) is 2. The van der Waals surface area contributed by atoms with Crippen LogP contribution in [0.2, 0.25) is 5.02 Å². The Kier molecular flexibility index (Phi) is 5.97. The number of carbonyl (C=O) groups excluding carboxylic acids is 1. The van der Waals surface area contributed by atoms with E-state index in [-0.39, 0.29) is 27.9 Å². The van der Waals surface area contributed by atoms with Gasteiger partial charge in [0.2, 0.25) is 0 Å². The zero-order valence-corrected chi connectivity index (χ0v) is 15.8. The molecule has 0 fully saturated rings. The van der Waals surface area contributed by atoms with Crippen LogP contribution in [0.15, 0.2) is 54.7 Å². The summed E-state index contributed by atoms with van der Waals surface area (Å²) in [5, 5.41) is 6.89. The van der Waals surface area contributed by atoms with Crippen molar-refractivity contribution in [1.29, 1.82) is 0 Å². The van der Waals surface area contributed by atoms with Gasteiger partial charge in [-0.05, 0) is 30.3 Å². The molecule has 3 rings (SSSR count). The molecular weight excluding hydrogens is 411 g/mol. The van der Waals surface area contributed by atoms with Crippen molar-refractivity contribution in [2.24, 2.45) is 0 Å². The van der Waals surface area contributed by atoms with E-state index in [1.54, 1.807) is 24.3 Å². The van der Waals surface area contributed by atoms with Crippen molar-refractivity contribution < 1.29 is 27.4 Å². The molecule has 1 aromatic heterocycles.